The number of aliphatic hydroxyl groups is 7. The van der Waals surface area contributed by atoms with Crippen LogP contribution in [0.15, 0.2) is 66.4 Å². The van der Waals surface area contributed by atoms with Crippen LogP contribution in [-0.2, 0) is 23.8 Å². The molecular formula is C34H45F5N8O13. The van der Waals surface area contributed by atoms with Crippen molar-refractivity contribution in [2.75, 3.05) is 32.2 Å². The van der Waals surface area contributed by atoms with Crippen LogP contribution in [0.3, 0.4) is 0 Å². The lowest BCUT2D eigenvalue weighted by molar-refractivity contribution is -0.210. The zero-order chi connectivity index (χ0) is 44.7. The summed E-state index contributed by atoms with van der Waals surface area (Å²) in [4.78, 5) is 39.2. The van der Waals surface area contributed by atoms with Gasteiger partial charge in [-0.25, -0.2) is 26.7 Å². The van der Waals surface area contributed by atoms with Gasteiger partial charge in [0, 0.05) is 30.7 Å². The van der Waals surface area contributed by atoms with E-state index in [0.717, 1.165) is 38.9 Å². The number of aliphatic hydroxyl groups excluding tert-OH is 6. The number of halogens is 5. The number of nitrogens with one attached hydrogen (secondary N) is 2. The minimum atomic E-state index is -3.05. The Bertz CT molecular complexity index is 1990. The van der Waals surface area contributed by atoms with Gasteiger partial charge in [0.2, 0.25) is 5.67 Å². The maximum atomic E-state index is 14.6. The molecule has 3 saturated heterocycles. The summed E-state index contributed by atoms with van der Waals surface area (Å²) < 4.78 is 85.4. The third-order valence-corrected chi connectivity index (χ3v) is 9.55. The topological polar surface area (TPSA) is 321 Å². The van der Waals surface area contributed by atoms with E-state index in [1.807, 2.05) is 0 Å². The molecule has 26 heteroatoms. The molecule has 6 heterocycles. The van der Waals surface area contributed by atoms with Crippen molar-refractivity contribution in [3.8, 4) is 12.3 Å². The third-order valence-electron chi connectivity index (χ3n) is 9.55. The smallest absolute Gasteiger partial charge is 0.351 e. The Labute approximate surface area is 337 Å². The van der Waals surface area contributed by atoms with Crippen molar-refractivity contribution in [1.29, 1.82) is 0 Å². The highest BCUT2D eigenvalue weighted by molar-refractivity contribution is 5.90. The Hall–Kier alpha value is -5.05. The number of anilines is 1. The highest BCUT2D eigenvalue weighted by Crippen LogP contribution is 2.45. The van der Waals surface area contributed by atoms with E-state index in [1.54, 1.807) is 5.92 Å². The highest BCUT2D eigenvalue weighted by Gasteiger charge is 2.68. The number of carbonyl (C=O) groups excluding carboxylic acids is 2. The molecule has 13 N–H and O–H groups in total. The van der Waals surface area contributed by atoms with Gasteiger partial charge in [0.15, 0.2) is 36.5 Å². The zero-order valence-corrected chi connectivity index (χ0v) is 30.7. The van der Waals surface area contributed by atoms with Crippen LogP contribution in [0.1, 0.15) is 20.6 Å². The van der Waals surface area contributed by atoms with Crippen LogP contribution in [0.5, 0.6) is 0 Å². The molecule has 0 saturated carbocycles. The summed E-state index contributed by atoms with van der Waals surface area (Å²) >= 11 is 0. The maximum absolute atomic E-state index is 14.6. The van der Waals surface area contributed by atoms with E-state index in [1.165, 1.54) is 19.2 Å². The van der Waals surface area contributed by atoms with Crippen molar-refractivity contribution < 1.29 is 81.5 Å². The van der Waals surface area contributed by atoms with Gasteiger partial charge in [-0.1, -0.05) is 26.5 Å². The summed E-state index contributed by atoms with van der Waals surface area (Å²) in [6.07, 6.45) is -0.824. The summed E-state index contributed by atoms with van der Waals surface area (Å²) in [6.45, 7) is 3.03. The first-order valence-electron chi connectivity index (χ1n) is 16.8. The van der Waals surface area contributed by atoms with Crippen LogP contribution in [0.2, 0.25) is 0 Å². The average molecular weight is 869 g/mol. The molecule has 1 aromatic heterocycles. The van der Waals surface area contributed by atoms with Crippen molar-refractivity contribution in [3.05, 3.63) is 72.1 Å². The molecular weight excluding hydrogens is 823 g/mol. The van der Waals surface area contributed by atoms with E-state index in [-0.39, 0.29) is 24.9 Å². The van der Waals surface area contributed by atoms with Crippen molar-refractivity contribution in [1.82, 2.24) is 30.0 Å². The molecule has 5 aliphatic heterocycles. The number of amides is 2. The Balaban J connectivity index is 0.000000238. The molecule has 3 fully saturated rings. The molecule has 6 rings (SSSR count). The number of rotatable bonds is 7. The molecule has 0 aliphatic carbocycles. The minimum Gasteiger partial charge on any atom is -0.390 e. The van der Waals surface area contributed by atoms with E-state index in [0.29, 0.717) is 0 Å². The van der Waals surface area contributed by atoms with Crippen LogP contribution >= 0.6 is 0 Å². The Morgan fingerprint density at radius 2 is 1.28 bits per heavy atom. The molecule has 5 aliphatic rings. The van der Waals surface area contributed by atoms with E-state index in [9.17, 15) is 56.8 Å². The fourth-order valence-corrected chi connectivity index (χ4v) is 6.21. The number of carbonyl (C=O) groups is 2. The SMILES string of the molecule is C.C#C[C@]1(F)[C@H](N2C=CC(=O)NC2=C)O[C@](F)(CO)[C@H]1O.C=C1NC(=O)C=CN1[C@@H]1O[C@](F)(CO)[C@@H](O)[C@]1(O)CF.C[C@]1(N)[C@H](n2ccc(N)nc2=O)O[C@](F)(CO)[C@H]1O. The number of nitrogens with zero attached hydrogens (tertiary/aromatic N) is 4. The van der Waals surface area contributed by atoms with Gasteiger partial charge in [-0.2, -0.15) is 4.98 Å². The van der Waals surface area contributed by atoms with Crippen molar-refractivity contribution >= 4 is 17.6 Å². The highest BCUT2D eigenvalue weighted by atomic mass is 19.2. The van der Waals surface area contributed by atoms with Gasteiger partial charge >= 0.3 is 5.69 Å². The van der Waals surface area contributed by atoms with Gasteiger partial charge in [0.25, 0.3) is 29.4 Å². The van der Waals surface area contributed by atoms with Crippen molar-refractivity contribution in [3.63, 3.8) is 0 Å². The molecule has 60 heavy (non-hydrogen) atoms. The molecule has 0 spiro atoms. The Morgan fingerprint density at radius 3 is 1.70 bits per heavy atom. The Morgan fingerprint density at radius 1 is 0.850 bits per heavy atom. The quantitative estimate of drug-likeness (QED) is 0.0929. The van der Waals surface area contributed by atoms with Crippen LogP contribution in [0.25, 0.3) is 0 Å². The second kappa shape index (κ2) is 17.5. The summed E-state index contributed by atoms with van der Waals surface area (Å²) in [5.41, 5.74) is 3.16. The first-order chi connectivity index (χ1) is 27.3. The van der Waals surface area contributed by atoms with Crippen molar-refractivity contribution in [2.45, 2.75) is 85.7 Å². The molecule has 12 atom stereocenters. The normalized spacial score (nSPS) is 39.5. The Kier molecular flexibility index (Phi) is 14.4. The molecule has 0 radical (unpaired) electrons. The zero-order valence-electron chi connectivity index (χ0n) is 30.7. The fourth-order valence-electron chi connectivity index (χ4n) is 6.21. The summed E-state index contributed by atoms with van der Waals surface area (Å²) in [7, 11) is 0. The first-order valence-corrected chi connectivity index (χ1v) is 16.8. The lowest BCUT2D eigenvalue weighted by Crippen LogP contribution is -2.57. The van der Waals surface area contributed by atoms with Gasteiger partial charge < -0.3 is 81.9 Å². The number of terminal acetylenes is 1. The second-order valence-electron chi connectivity index (χ2n) is 13.7. The number of nitrogens with two attached hydrogens (primary N) is 2. The molecule has 334 valence electrons. The standard InChI is InChI=1S/C12H12F2N2O4.C11H14F2N2O5.C10H15FN4O4.CH4/c1-3-11(13)9(19)12(14,6-17)20-10(11)16-5-4-8(18)15-7(16)2;1-6-14-7(17)2-3-15(6)9-10(19,4-12)8(18)11(13,5-16)20-9;1-9(13)6(17)10(11,4-16)19-7(9)15-3-2-5(12)14-8(15)18;/h1,4-5,9-10,17,19H,2,6H2,(H,15,18);2-3,8-9,16,18-19H,1,4-5H2,(H,14,17);2-3,6-7,16-17H,4,13H2,1H3,(H2,12,14,18);1H4/t9-,10+,11+,12+;8-,9+,10+,11+;6-,7+,9+,10+;/m000./s1. The number of alkyl halides is 5. The number of hydrogen-bond donors (Lipinski definition) is 11. The van der Waals surface area contributed by atoms with Crippen LogP contribution < -0.4 is 27.8 Å². The molecule has 0 aromatic carbocycles. The van der Waals surface area contributed by atoms with E-state index in [2.05, 4.69) is 28.8 Å². The molecule has 1 aromatic rings. The monoisotopic (exact) mass is 868 g/mol. The fraction of sp³-hybridized carbons (Fsp3) is 0.529. The predicted molar refractivity (Wildman–Crippen MR) is 193 cm³/mol. The number of hydrogen-bond acceptors (Lipinski definition) is 18. The van der Waals surface area contributed by atoms with Crippen molar-refractivity contribution in [2.24, 2.45) is 5.73 Å². The maximum Gasteiger partial charge on any atom is 0.351 e. The first kappa shape index (κ1) is 49.3. The summed E-state index contributed by atoms with van der Waals surface area (Å²) in [5.74, 6) is -8.41. The van der Waals surface area contributed by atoms with Gasteiger partial charge in [0.05, 0.1) is 5.54 Å². The lowest BCUT2D eigenvalue weighted by Gasteiger charge is -2.37. The number of ether oxygens (including phenoxy) is 3. The molecule has 2 amide bonds. The van der Waals surface area contributed by atoms with E-state index in [4.69, 9.17) is 47.4 Å². The van der Waals surface area contributed by atoms with Crippen LogP contribution in [0.4, 0.5) is 27.8 Å². The van der Waals surface area contributed by atoms with Crippen LogP contribution in [-0.4, -0.2) is 159 Å². The second-order valence-corrected chi connectivity index (χ2v) is 13.7. The lowest BCUT2D eigenvalue weighted by atomic mass is 9.92. The van der Waals surface area contributed by atoms with Crippen LogP contribution in [0, 0.1) is 12.3 Å². The molecule has 21 nitrogen and oxygen atoms in total. The average Bonchev–Trinajstić information content (AvgIpc) is 3.61. The largest absolute Gasteiger partial charge is 0.390 e. The van der Waals surface area contributed by atoms with Gasteiger partial charge in [0.1, 0.15) is 50.1 Å². The van der Waals surface area contributed by atoms with Gasteiger partial charge in [-0.3, -0.25) is 14.2 Å². The molecule has 0 unspecified atom stereocenters. The minimum absolute atomic E-state index is 0. The van der Waals surface area contributed by atoms with E-state index < -0.39 is 115 Å². The summed E-state index contributed by atoms with van der Waals surface area (Å²) in [5, 5.41) is 70.6. The van der Waals surface area contributed by atoms with E-state index >= 15 is 0 Å². The molecule has 0 bridgehead atoms. The predicted octanol–water partition coefficient (Wildman–Crippen LogP) is -3.67. The van der Waals surface area contributed by atoms with Gasteiger partial charge in [-0.05, 0) is 13.0 Å². The summed E-state index contributed by atoms with van der Waals surface area (Å²) in [6, 6.07) is 1.31. The van der Waals surface area contributed by atoms with Gasteiger partial charge in [-0.15, -0.1) is 6.42 Å². The third kappa shape index (κ3) is 8.46. The number of aromatic nitrogens is 2. The number of nitrogen functional groups attached to an aromatic ring is 1.